The minimum absolute atomic E-state index is 0.984. The zero-order valence-electron chi connectivity index (χ0n) is 22.3. The van der Waals surface area contributed by atoms with Gasteiger partial charge in [0.1, 0.15) is 5.65 Å². The summed E-state index contributed by atoms with van der Waals surface area (Å²) in [5, 5.41) is 9.75. The fraction of sp³-hybridized carbons (Fsp3) is 0. The molecule has 190 valence electrons. The molecule has 0 aliphatic carbocycles. The second-order valence-corrected chi connectivity index (χ2v) is 10.8. The zero-order valence-corrected chi connectivity index (χ0v) is 22.3. The Morgan fingerprint density at radius 1 is 0.415 bits per heavy atom. The van der Waals surface area contributed by atoms with Crippen LogP contribution < -0.4 is 0 Å². The summed E-state index contributed by atoms with van der Waals surface area (Å²) in [6, 6.07) is 50.4. The minimum Gasteiger partial charge on any atom is -0.298 e. The molecule has 41 heavy (non-hydrogen) atoms. The molecule has 0 amide bonds. The Kier molecular flexibility index (Phi) is 4.64. The van der Waals surface area contributed by atoms with Crippen molar-refractivity contribution in [3.8, 4) is 22.3 Å². The van der Waals surface area contributed by atoms with Gasteiger partial charge in [0.15, 0.2) is 0 Å². The predicted octanol–water partition coefficient (Wildman–Crippen LogP) is 10.4. The molecule has 7 aromatic carbocycles. The molecule has 0 fully saturated rings. The van der Waals surface area contributed by atoms with Gasteiger partial charge < -0.3 is 0 Å². The fourth-order valence-electron chi connectivity index (χ4n) is 6.63. The summed E-state index contributed by atoms with van der Waals surface area (Å²) >= 11 is 0. The molecular weight excluding hydrogens is 496 g/mol. The van der Waals surface area contributed by atoms with Gasteiger partial charge in [-0.3, -0.25) is 4.40 Å². The smallest absolute Gasteiger partial charge is 0.145 e. The Morgan fingerprint density at radius 2 is 0.927 bits per heavy atom. The van der Waals surface area contributed by atoms with Gasteiger partial charge in [0.05, 0.1) is 11.0 Å². The first-order chi connectivity index (χ1) is 20.3. The number of pyridine rings is 1. The van der Waals surface area contributed by atoms with Crippen LogP contribution in [0.3, 0.4) is 0 Å². The largest absolute Gasteiger partial charge is 0.298 e. The third-order valence-electron chi connectivity index (χ3n) is 8.53. The van der Waals surface area contributed by atoms with E-state index in [2.05, 4.69) is 150 Å². The van der Waals surface area contributed by atoms with E-state index in [0.717, 1.165) is 22.1 Å². The van der Waals surface area contributed by atoms with E-state index in [4.69, 9.17) is 4.98 Å². The zero-order chi connectivity index (χ0) is 26.9. The number of nitrogens with zero attached hydrogens (tertiary/aromatic N) is 2. The molecule has 2 heteroatoms. The van der Waals surface area contributed by atoms with E-state index in [-0.39, 0.29) is 0 Å². The standard InChI is InChI=1S/C39H24N2/c1-3-12-28-23-30(19-17-25(28)9-1)35-33-15-7-8-16-34(33)36(31-20-18-26-10-2-4-13-29(26)24-31)38-37(35)40-39-32-14-6-5-11-27(32)21-22-41(38)39/h1-24H. The molecule has 2 aromatic heterocycles. The van der Waals surface area contributed by atoms with Gasteiger partial charge in [-0.2, -0.15) is 0 Å². The monoisotopic (exact) mass is 520 g/mol. The molecule has 0 radical (unpaired) electrons. The normalized spacial score (nSPS) is 11.9. The Morgan fingerprint density at radius 3 is 1.59 bits per heavy atom. The Balaban J connectivity index is 1.51. The lowest BCUT2D eigenvalue weighted by Gasteiger charge is -2.16. The van der Waals surface area contributed by atoms with Gasteiger partial charge in [-0.25, -0.2) is 4.98 Å². The second kappa shape index (κ2) is 8.51. The second-order valence-electron chi connectivity index (χ2n) is 10.8. The van der Waals surface area contributed by atoms with Gasteiger partial charge in [0.2, 0.25) is 0 Å². The van der Waals surface area contributed by atoms with Crippen LogP contribution in [0.4, 0.5) is 0 Å². The van der Waals surface area contributed by atoms with Crippen molar-refractivity contribution in [1.82, 2.24) is 9.38 Å². The van der Waals surface area contributed by atoms with Gasteiger partial charge in [-0.1, -0.05) is 121 Å². The van der Waals surface area contributed by atoms with Gasteiger partial charge in [0.25, 0.3) is 0 Å². The van der Waals surface area contributed by atoms with E-state index < -0.39 is 0 Å². The SMILES string of the molecule is c1ccc2cc(-c3c4ccccc4c(-c4ccc5ccccc5c4)c4c3nc3c5ccccc5ccn34)ccc2c1. The van der Waals surface area contributed by atoms with Crippen molar-refractivity contribution in [2.45, 2.75) is 0 Å². The maximum atomic E-state index is 5.46. The summed E-state index contributed by atoms with van der Waals surface area (Å²) in [6.07, 6.45) is 2.19. The van der Waals surface area contributed by atoms with E-state index in [0.29, 0.717) is 0 Å². The third-order valence-corrected chi connectivity index (χ3v) is 8.53. The van der Waals surface area contributed by atoms with Crippen LogP contribution in [0.25, 0.3) is 82.0 Å². The van der Waals surface area contributed by atoms with Crippen LogP contribution in [-0.2, 0) is 0 Å². The molecule has 0 saturated heterocycles. The van der Waals surface area contributed by atoms with Crippen LogP contribution in [0.15, 0.2) is 146 Å². The number of hydrogen-bond acceptors (Lipinski definition) is 1. The lowest BCUT2D eigenvalue weighted by Crippen LogP contribution is -1.93. The average Bonchev–Trinajstić information content (AvgIpc) is 3.42. The van der Waals surface area contributed by atoms with Crippen LogP contribution in [-0.4, -0.2) is 9.38 Å². The lowest BCUT2D eigenvalue weighted by molar-refractivity contribution is 1.25. The van der Waals surface area contributed by atoms with E-state index in [1.807, 2.05) is 0 Å². The topological polar surface area (TPSA) is 17.3 Å². The molecular formula is C39H24N2. The van der Waals surface area contributed by atoms with Crippen molar-refractivity contribution in [1.29, 1.82) is 0 Å². The molecule has 0 aliphatic heterocycles. The van der Waals surface area contributed by atoms with Crippen LogP contribution in [0.1, 0.15) is 0 Å². The molecule has 2 heterocycles. The van der Waals surface area contributed by atoms with E-state index in [1.165, 1.54) is 60.0 Å². The molecule has 0 unspecified atom stereocenters. The Bertz CT molecular complexity index is 2480. The highest BCUT2D eigenvalue weighted by Crippen LogP contribution is 2.45. The Labute approximate surface area is 236 Å². The molecule has 0 atom stereocenters. The summed E-state index contributed by atoms with van der Waals surface area (Å²) in [5.41, 5.74) is 7.93. The van der Waals surface area contributed by atoms with Crippen LogP contribution in [0.5, 0.6) is 0 Å². The molecule has 2 nitrogen and oxygen atoms in total. The number of benzene rings is 7. The van der Waals surface area contributed by atoms with E-state index >= 15 is 0 Å². The lowest BCUT2D eigenvalue weighted by atomic mass is 9.89. The molecule has 0 aliphatic rings. The number of aromatic nitrogens is 2. The summed E-state index contributed by atoms with van der Waals surface area (Å²) in [7, 11) is 0. The van der Waals surface area contributed by atoms with Crippen molar-refractivity contribution in [2.75, 3.05) is 0 Å². The summed E-state index contributed by atoms with van der Waals surface area (Å²) < 4.78 is 2.30. The highest BCUT2D eigenvalue weighted by atomic mass is 15.0. The van der Waals surface area contributed by atoms with E-state index in [9.17, 15) is 0 Å². The van der Waals surface area contributed by atoms with Crippen LogP contribution in [0.2, 0.25) is 0 Å². The van der Waals surface area contributed by atoms with Crippen molar-refractivity contribution < 1.29 is 0 Å². The molecule has 0 N–H and O–H groups in total. The number of rotatable bonds is 2. The van der Waals surface area contributed by atoms with Crippen LogP contribution >= 0.6 is 0 Å². The molecule has 0 saturated carbocycles. The molecule has 9 aromatic rings. The maximum absolute atomic E-state index is 5.46. The third kappa shape index (κ3) is 3.28. The number of fused-ring (bicyclic) bond motifs is 8. The minimum atomic E-state index is 0.984. The van der Waals surface area contributed by atoms with Gasteiger partial charge in [-0.05, 0) is 67.0 Å². The first-order valence-electron chi connectivity index (χ1n) is 14.1. The van der Waals surface area contributed by atoms with E-state index in [1.54, 1.807) is 0 Å². The number of hydrogen-bond donors (Lipinski definition) is 0. The van der Waals surface area contributed by atoms with Crippen molar-refractivity contribution in [3.63, 3.8) is 0 Å². The summed E-state index contributed by atoms with van der Waals surface area (Å²) in [6.45, 7) is 0. The Hall–Kier alpha value is -5.47. The van der Waals surface area contributed by atoms with Crippen molar-refractivity contribution in [3.05, 3.63) is 146 Å². The van der Waals surface area contributed by atoms with Crippen molar-refractivity contribution >= 4 is 59.8 Å². The highest BCUT2D eigenvalue weighted by molar-refractivity contribution is 6.21. The predicted molar refractivity (Wildman–Crippen MR) is 174 cm³/mol. The first-order valence-corrected chi connectivity index (χ1v) is 14.1. The molecule has 9 rings (SSSR count). The summed E-state index contributed by atoms with van der Waals surface area (Å²) in [4.78, 5) is 5.46. The quantitative estimate of drug-likeness (QED) is 0.222. The van der Waals surface area contributed by atoms with Crippen LogP contribution in [0, 0.1) is 0 Å². The van der Waals surface area contributed by atoms with Gasteiger partial charge in [0, 0.05) is 22.7 Å². The average molecular weight is 521 g/mol. The molecule has 0 spiro atoms. The fourth-order valence-corrected chi connectivity index (χ4v) is 6.63. The van der Waals surface area contributed by atoms with Crippen molar-refractivity contribution in [2.24, 2.45) is 0 Å². The maximum Gasteiger partial charge on any atom is 0.145 e. The highest BCUT2D eigenvalue weighted by Gasteiger charge is 2.22. The summed E-state index contributed by atoms with van der Waals surface area (Å²) in [5.74, 6) is 0. The number of imidazole rings is 1. The molecule has 0 bridgehead atoms. The van der Waals surface area contributed by atoms with Gasteiger partial charge >= 0.3 is 0 Å². The first kappa shape index (κ1) is 22.4. The van der Waals surface area contributed by atoms with Gasteiger partial charge in [-0.15, -0.1) is 0 Å².